The highest BCUT2D eigenvalue weighted by atomic mass is 15.2. The van der Waals surface area contributed by atoms with Crippen LogP contribution in [0, 0.1) is 0 Å². The summed E-state index contributed by atoms with van der Waals surface area (Å²) in [4.78, 5) is 2.49. The molecule has 0 unspecified atom stereocenters. The van der Waals surface area contributed by atoms with E-state index in [4.69, 9.17) is 0 Å². The first-order valence-electron chi connectivity index (χ1n) is 8.78. The minimum Gasteiger partial charge on any atom is -0.301 e. The summed E-state index contributed by atoms with van der Waals surface area (Å²) in [7, 11) is 4.17. The average Bonchev–Trinajstić information content (AvgIpc) is 2.50. The molecule has 0 saturated carbocycles. The van der Waals surface area contributed by atoms with Crippen molar-refractivity contribution < 1.29 is 0 Å². The summed E-state index contributed by atoms with van der Waals surface area (Å²) in [6.45, 7) is 10.1. The van der Waals surface area contributed by atoms with Crippen LogP contribution in [0.25, 0.3) is 0 Å². The van der Waals surface area contributed by atoms with Crippen LogP contribution < -0.4 is 10.6 Å². The minimum absolute atomic E-state index is 0.0788. The van der Waals surface area contributed by atoms with Crippen molar-refractivity contribution in [1.82, 2.24) is 15.5 Å². The van der Waals surface area contributed by atoms with Gasteiger partial charge in [-0.15, -0.1) is 0 Å². The van der Waals surface area contributed by atoms with E-state index in [-0.39, 0.29) is 5.66 Å². The molecule has 0 aliphatic heterocycles. The molecule has 0 heterocycles. The smallest absolute Gasteiger partial charge is 0.0813 e. The lowest BCUT2D eigenvalue weighted by Crippen LogP contribution is -2.60. The standard InChI is InChI=1S/C17H39N3/c1-6-9-10-11-12-13-14-15-17(18-4,19-5)16-20(7-2)8-3/h18-19H,6-16H2,1-5H3. The highest BCUT2D eigenvalue weighted by Gasteiger charge is 2.27. The Balaban J connectivity index is 4.00. The van der Waals surface area contributed by atoms with E-state index >= 15 is 0 Å². The first-order valence-corrected chi connectivity index (χ1v) is 8.78. The molecule has 0 atom stereocenters. The van der Waals surface area contributed by atoms with Crippen LogP contribution in [-0.4, -0.2) is 44.3 Å². The Labute approximate surface area is 127 Å². The first kappa shape index (κ1) is 19.9. The molecule has 0 spiro atoms. The minimum atomic E-state index is 0.0788. The highest BCUT2D eigenvalue weighted by Crippen LogP contribution is 2.15. The first-order chi connectivity index (χ1) is 9.67. The Kier molecular flexibility index (Phi) is 12.5. The normalized spacial score (nSPS) is 12.3. The van der Waals surface area contributed by atoms with E-state index in [2.05, 4.69) is 50.4 Å². The zero-order valence-electron chi connectivity index (χ0n) is 14.7. The zero-order valence-corrected chi connectivity index (χ0v) is 14.7. The molecule has 0 bridgehead atoms. The SMILES string of the molecule is CCCCCCCCCC(CN(CC)CC)(NC)NC. The molecule has 20 heavy (non-hydrogen) atoms. The third kappa shape index (κ3) is 8.23. The lowest BCUT2D eigenvalue weighted by atomic mass is 9.99. The molecule has 0 amide bonds. The predicted molar refractivity (Wildman–Crippen MR) is 91.2 cm³/mol. The van der Waals surface area contributed by atoms with Crippen molar-refractivity contribution >= 4 is 0 Å². The molecule has 2 N–H and O–H groups in total. The number of nitrogens with one attached hydrogen (secondary N) is 2. The van der Waals surface area contributed by atoms with Crippen molar-refractivity contribution in [2.75, 3.05) is 33.7 Å². The van der Waals surface area contributed by atoms with E-state index in [0.717, 1.165) is 19.6 Å². The Bertz CT molecular complexity index is 198. The van der Waals surface area contributed by atoms with Crippen LogP contribution in [0.2, 0.25) is 0 Å². The van der Waals surface area contributed by atoms with Crippen LogP contribution in [-0.2, 0) is 0 Å². The van der Waals surface area contributed by atoms with Gasteiger partial charge in [0.15, 0.2) is 0 Å². The molecule has 0 aliphatic rings. The fourth-order valence-electron chi connectivity index (χ4n) is 2.82. The van der Waals surface area contributed by atoms with Crippen LogP contribution in [0.3, 0.4) is 0 Å². The van der Waals surface area contributed by atoms with Crippen molar-refractivity contribution in [3.8, 4) is 0 Å². The topological polar surface area (TPSA) is 27.3 Å². The van der Waals surface area contributed by atoms with Crippen LogP contribution in [0.4, 0.5) is 0 Å². The number of hydrogen-bond acceptors (Lipinski definition) is 3. The number of nitrogens with zero attached hydrogens (tertiary/aromatic N) is 1. The van der Waals surface area contributed by atoms with Gasteiger partial charge in [-0.05, 0) is 33.6 Å². The summed E-state index contributed by atoms with van der Waals surface area (Å²) in [5.41, 5.74) is 0.0788. The van der Waals surface area contributed by atoms with Crippen LogP contribution in [0.1, 0.15) is 72.1 Å². The quantitative estimate of drug-likeness (QED) is 0.377. The van der Waals surface area contributed by atoms with Crippen molar-refractivity contribution in [2.45, 2.75) is 77.8 Å². The fraction of sp³-hybridized carbons (Fsp3) is 1.00. The van der Waals surface area contributed by atoms with Gasteiger partial charge in [0.25, 0.3) is 0 Å². The molecule has 0 fully saturated rings. The van der Waals surface area contributed by atoms with Gasteiger partial charge < -0.3 is 15.5 Å². The van der Waals surface area contributed by atoms with Gasteiger partial charge in [0, 0.05) is 6.54 Å². The Morgan fingerprint density at radius 3 is 1.70 bits per heavy atom. The van der Waals surface area contributed by atoms with Crippen molar-refractivity contribution in [3.05, 3.63) is 0 Å². The lowest BCUT2D eigenvalue weighted by molar-refractivity contribution is 0.160. The summed E-state index contributed by atoms with van der Waals surface area (Å²) in [6, 6.07) is 0. The maximum absolute atomic E-state index is 3.52. The third-order valence-electron chi connectivity index (χ3n) is 4.55. The van der Waals surface area contributed by atoms with Crippen LogP contribution >= 0.6 is 0 Å². The molecule has 0 saturated heterocycles. The van der Waals surface area contributed by atoms with Gasteiger partial charge in [-0.25, -0.2) is 0 Å². The Morgan fingerprint density at radius 2 is 1.25 bits per heavy atom. The molecule has 0 aromatic heterocycles. The second-order valence-corrected chi connectivity index (χ2v) is 5.91. The Hall–Kier alpha value is -0.120. The molecule has 0 radical (unpaired) electrons. The van der Waals surface area contributed by atoms with E-state index in [1.165, 1.54) is 51.4 Å². The van der Waals surface area contributed by atoms with Gasteiger partial charge in [0.2, 0.25) is 0 Å². The monoisotopic (exact) mass is 285 g/mol. The zero-order chi connectivity index (χ0) is 15.3. The Morgan fingerprint density at radius 1 is 0.750 bits per heavy atom. The fourth-order valence-corrected chi connectivity index (χ4v) is 2.82. The third-order valence-corrected chi connectivity index (χ3v) is 4.55. The van der Waals surface area contributed by atoms with Crippen LogP contribution in [0.15, 0.2) is 0 Å². The highest BCUT2D eigenvalue weighted by molar-refractivity contribution is 4.86. The molecule has 122 valence electrons. The van der Waals surface area contributed by atoms with E-state index in [1.54, 1.807) is 0 Å². The summed E-state index contributed by atoms with van der Waals surface area (Å²) < 4.78 is 0. The largest absolute Gasteiger partial charge is 0.301 e. The predicted octanol–water partition coefficient (Wildman–Crippen LogP) is 3.60. The van der Waals surface area contributed by atoms with Crippen molar-refractivity contribution in [2.24, 2.45) is 0 Å². The summed E-state index contributed by atoms with van der Waals surface area (Å²) in [6.07, 6.45) is 10.9. The molecule has 3 heteroatoms. The van der Waals surface area contributed by atoms with E-state index in [1.807, 2.05) is 0 Å². The molecule has 0 aromatic rings. The van der Waals surface area contributed by atoms with Gasteiger partial charge in [-0.1, -0.05) is 65.7 Å². The van der Waals surface area contributed by atoms with Gasteiger partial charge in [0.1, 0.15) is 0 Å². The van der Waals surface area contributed by atoms with Crippen molar-refractivity contribution in [1.29, 1.82) is 0 Å². The molecule has 0 rings (SSSR count). The number of hydrogen-bond donors (Lipinski definition) is 2. The van der Waals surface area contributed by atoms with Gasteiger partial charge in [-0.3, -0.25) is 0 Å². The van der Waals surface area contributed by atoms with E-state index in [0.29, 0.717) is 0 Å². The number of likely N-dealkylation sites (N-methyl/N-ethyl adjacent to an activating group) is 3. The maximum Gasteiger partial charge on any atom is 0.0813 e. The summed E-state index contributed by atoms with van der Waals surface area (Å²) in [5.74, 6) is 0. The van der Waals surface area contributed by atoms with Gasteiger partial charge in [0.05, 0.1) is 5.66 Å². The number of rotatable bonds is 14. The molecular weight excluding hydrogens is 246 g/mol. The lowest BCUT2D eigenvalue weighted by Gasteiger charge is -2.38. The number of unbranched alkanes of at least 4 members (excludes halogenated alkanes) is 6. The molecular formula is C17H39N3. The second-order valence-electron chi connectivity index (χ2n) is 5.91. The van der Waals surface area contributed by atoms with E-state index < -0.39 is 0 Å². The van der Waals surface area contributed by atoms with Crippen LogP contribution in [0.5, 0.6) is 0 Å². The average molecular weight is 286 g/mol. The van der Waals surface area contributed by atoms with Gasteiger partial charge in [-0.2, -0.15) is 0 Å². The van der Waals surface area contributed by atoms with E-state index in [9.17, 15) is 0 Å². The molecule has 0 aliphatic carbocycles. The second kappa shape index (κ2) is 12.6. The molecule has 0 aromatic carbocycles. The van der Waals surface area contributed by atoms with Crippen molar-refractivity contribution in [3.63, 3.8) is 0 Å². The maximum atomic E-state index is 3.52. The summed E-state index contributed by atoms with van der Waals surface area (Å²) >= 11 is 0. The molecule has 3 nitrogen and oxygen atoms in total. The summed E-state index contributed by atoms with van der Waals surface area (Å²) in [5, 5.41) is 7.05. The van der Waals surface area contributed by atoms with Gasteiger partial charge >= 0.3 is 0 Å².